The molecule has 0 spiro atoms. The Morgan fingerprint density at radius 3 is 2.52 bits per heavy atom. The van der Waals surface area contributed by atoms with Crippen molar-refractivity contribution >= 4 is 5.82 Å². The zero-order chi connectivity index (χ0) is 15.2. The van der Waals surface area contributed by atoms with E-state index in [9.17, 15) is 8.78 Å². The molecule has 112 valence electrons. The molecular weight excluding hydrogens is 272 g/mol. The van der Waals surface area contributed by atoms with Crippen LogP contribution < -0.4 is 5.32 Å². The van der Waals surface area contributed by atoms with Crippen molar-refractivity contribution in [2.24, 2.45) is 0 Å². The average molecular weight is 291 g/mol. The van der Waals surface area contributed by atoms with Crippen molar-refractivity contribution in [3.05, 3.63) is 41.7 Å². The maximum Gasteiger partial charge on any atom is 0.135 e. The highest BCUT2D eigenvalue weighted by atomic mass is 19.1. The van der Waals surface area contributed by atoms with E-state index in [2.05, 4.69) is 22.2 Å². The summed E-state index contributed by atoms with van der Waals surface area (Å²) < 4.78 is 26.9. The summed E-state index contributed by atoms with van der Waals surface area (Å²) >= 11 is 0. The molecule has 0 saturated carbocycles. The molecule has 0 amide bonds. The Morgan fingerprint density at radius 1 is 1.05 bits per heavy atom. The Hall–Kier alpha value is -2.04. The van der Waals surface area contributed by atoms with E-state index in [1.165, 1.54) is 12.1 Å². The topological polar surface area (TPSA) is 37.8 Å². The molecule has 1 aromatic heterocycles. The SMILES string of the molecule is CCCNc1cc(-c2ccc(F)cc2F)nc(CCC)n1. The van der Waals surface area contributed by atoms with Crippen LogP contribution in [0.15, 0.2) is 24.3 Å². The molecule has 1 heterocycles. The summed E-state index contributed by atoms with van der Waals surface area (Å²) in [6.07, 6.45) is 2.59. The number of nitrogens with one attached hydrogen (secondary N) is 1. The van der Waals surface area contributed by atoms with Crippen molar-refractivity contribution in [3.63, 3.8) is 0 Å². The number of benzene rings is 1. The van der Waals surface area contributed by atoms with Gasteiger partial charge in [-0.3, -0.25) is 0 Å². The summed E-state index contributed by atoms with van der Waals surface area (Å²) in [5.41, 5.74) is 0.764. The van der Waals surface area contributed by atoms with E-state index in [0.29, 0.717) is 17.3 Å². The van der Waals surface area contributed by atoms with Crippen LogP contribution >= 0.6 is 0 Å². The summed E-state index contributed by atoms with van der Waals surface area (Å²) in [6, 6.07) is 5.21. The minimum Gasteiger partial charge on any atom is -0.370 e. The highest BCUT2D eigenvalue weighted by Gasteiger charge is 2.11. The monoisotopic (exact) mass is 291 g/mol. The highest BCUT2D eigenvalue weighted by molar-refractivity contribution is 5.63. The first-order valence-corrected chi connectivity index (χ1v) is 7.21. The molecule has 2 rings (SSSR count). The number of aryl methyl sites for hydroxylation is 1. The number of nitrogens with zero attached hydrogens (tertiary/aromatic N) is 2. The smallest absolute Gasteiger partial charge is 0.135 e. The fourth-order valence-corrected chi connectivity index (χ4v) is 2.01. The fourth-order valence-electron chi connectivity index (χ4n) is 2.01. The van der Waals surface area contributed by atoms with Crippen LogP contribution in [0.4, 0.5) is 14.6 Å². The lowest BCUT2D eigenvalue weighted by Crippen LogP contribution is -2.06. The number of halogens is 2. The van der Waals surface area contributed by atoms with Crippen molar-refractivity contribution < 1.29 is 8.78 Å². The Morgan fingerprint density at radius 2 is 1.86 bits per heavy atom. The second kappa shape index (κ2) is 7.11. The summed E-state index contributed by atoms with van der Waals surface area (Å²) in [5.74, 6) is 0.132. The summed E-state index contributed by atoms with van der Waals surface area (Å²) in [5, 5.41) is 3.19. The third-order valence-electron chi connectivity index (χ3n) is 3.01. The van der Waals surface area contributed by atoms with Crippen LogP contribution in [0.1, 0.15) is 32.5 Å². The van der Waals surface area contributed by atoms with Gasteiger partial charge in [0, 0.05) is 30.7 Å². The van der Waals surface area contributed by atoms with Crippen molar-refractivity contribution in [2.75, 3.05) is 11.9 Å². The zero-order valence-electron chi connectivity index (χ0n) is 12.3. The molecule has 3 nitrogen and oxygen atoms in total. The molecule has 0 aliphatic rings. The predicted molar refractivity (Wildman–Crippen MR) is 80.2 cm³/mol. The average Bonchev–Trinajstić information content (AvgIpc) is 2.45. The van der Waals surface area contributed by atoms with Gasteiger partial charge in [-0.25, -0.2) is 18.7 Å². The minimum absolute atomic E-state index is 0.288. The number of aromatic nitrogens is 2. The van der Waals surface area contributed by atoms with Gasteiger partial charge in [0.25, 0.3) is 0 Å². The molecule has 5 heteroatoms. The van der Waals surface area contributed by atoms with Crippen LogP contribution in [0.2, 0.25) is 0 Å². The van der Waals surface area contributed by atoms with Crippen LogP contribution in [0.3, 0.4) is 0 Å². The minimum atomic E-state index is -0.613. The van der Waals surface area contributed by atoms with Gasteiger partial charge in [0.2, 0.25) is 0 Å². The lowest BCUT2D eigenvalue weighted by Gasteiger charge is -2.10. The van der Waals surface area contributed by atoms with Gasteiger partial charge in [0.15, 0.2) is 0 Å². The van der Waals surface area contributed by atoms with Gasteiger partial charge in [0.1, 0.15) is 23.3 Å². The molecule has 0 aliphatic carbocycles. The summed E-state index contributed by atoms with van der Waals surface area (Å²) in [7, 11) is 0. The maximum absolute atomic E-state index is 13.9. The first-order chi connectivity index (χ1) is 10.1. The zero-order valence-corrected chi connectivity index (χ0v) is 12.3. The maximum atomic E-state index is 13.9. The van der Waals surface area contributed by atoms with E-state index in [4.69, 9.17) is 0 Å². The molecular formula is C16H19F2N3. The van der Waals surface area contributed by atoms with Crippen LogP contribution in [0, 0.1) is 11.6 Å². The summed E-state index contributed by atoms with van der Waals surface area (Å²) in [6.45, 7) is 4.88. The van der Waals surface area contributed by atoms with Crippen molar-refractivity contribution in [1.29, 1.82) is 0 Å². The number of hydrogen-bond acceptors (Lipinski definition) is 3. The van der Waals surface area contributed by atoms with Crippen molar-refractivity contribution in [1.82, 2.24) is 9.97 Å². The third-order valence-corrected chi connectivity index (χ3v) is 3.01. The van der Waals surface area contributed by atoms with E-state index in [-0.39, 0.29) is 5.56 Å². The number of hydrogen-bond donors (Lipinski definition) is 1. The molecule has 1 aromatic carbocycles. The largest absolute Gasteiger partial charge is 0.370 e. The van der Waals surface area contributed by atoms with E-state index in [0.717, 1.165) is 31.9 Å². The second-order valence-corrected chi connectivity index (χ2v) is 4.86. The molecule has 0 saturated heterocycles. The fraction of sp³-hybridized carbons (Fsp3) is 0.375. The molecule has 0 unspecified atom stereocenters. The van der Waals surface area contributed by atoms with E-state index < -0.39 is 11.6 Å². The molecule has 0 bridgehead atoms. The van der Waals surface area contributed by atoms with Crippen LogP contribution in [-0.2, 0) is 6.42 Å². The van der Waals surface area contributed by atoms with Gasteiger partial charge in [-0.2, -0.15) is 0 Å². The Balaban J connectivity index is 2.43. The molecule has 0 aliphatic heterocycles. The van der Waals surface area contributed by atoms with Gasteiger partial charge >= 0.3 is 0 Å². The quantitative estimate of drug-likeness (QED) is 0.867. The van der Waals surface area contributed by atoms with Crippen molar-refractivity contribution in [3.8, 4) is 11.3 Å². The normalized spacial score (nSPS) is 10.7. The van der Waals surface area contributed by atoms with E-state index in [1.54, 1.807) is 6.07 Å². The molecule has 0 fully saturated rings. The first-order valence-electron chi connectivity index (χ1n) is 7.21. The molecule has 0 atom stereocenters. The highest BCUT2D eigenvalue weighted by Crippen LogP contribution is 2.24. The predicted octanol–water partition coefficient (Wildman–Crippen LogP) is 4.20. The Bertz CT molecular complexity index is 614. The number of anilines is 1. The third kappa shape index (κ3) is 3.97. The standard InChI is InChI=1S/C16H19F2N3/c1-3-5-15-20-14(10-16(21-15)19-8-4-2)12-7-6-11(17)9-13(12)18/h6-7,9-10H,3-5,8H2,1-2H3,(H,19,20,21). The van der Waals surface area contributed by atoms with E-state index in [1.807, 2.05) is 6.92 Å². The van der Waals surface area contributed by atoms with Crippen LogP contribution in [-0.4, -0.2) is 16.5 Å². The lowest BCUT2D eigenvalue weighted by molar-refractivity contribution is 0.585. The lowest BCUT2D eigenvalue weighted by atomic mass is 10.1. The second-order valence-electron chi connectivity index (χ2n) is 4.86. The molecule has 21 heavy (non-hydrogen) atoms. The van der Waals surface area contributed by atoms with Gasteiger partial charge in [0.05, 0.1) is 5.69 Å². The van der Waals surface area contributed by atoms with Gasteiger partial charge in [-0.15, -0.1) is 0 Å². The Labute approximate surface area is 123 Å². The number of rotatable bonds is 6. The van der Waals surface area contributed by atoms with Crippen LogP contribution in [0.5, 0.6) is 0 Å². The molecule has 0 radical (unpaired) electrons. The first kappa shape index (κ1) is 15.4. The Kier molecular flexibility index (Phi) is 5.20. The van der Waals surface area contributed by atoms with Gasteiger partial charge in [-0.05, 0) is 25.0 Å². The molecule has 2 aromatic rings. The molecule has 1 N–H and O–H groups in total. The van der Waals surface area contributed by atoms with Crippen molar-refractivity contribution in [2.45, 2.75) is 33.1 Å². The van der Waals surface area contributed by atoms with Gasteiger partial charge in [-0.1, -0.05) is 13.8 Å². The van der Waals surface area contributed by atoms with E-state index >= 15 is 0 Å². The van der Waals surface area contributed by atoms with Crippen LogP contribution in [0.25, 0.3) is 11.3 Å². The summed E-state index contributed by atoms with van der Waals surface area (Å²) in [4.78, 5) is 8.79. The van der Waals surface area contributed by atoms with Gasteiger partial charge < -0.3 is 5.32 Å².